The second-order valence-electron chi connectivity index (χ2n) is 3.95. The van der Waals surface area contributed by atoms with Gasteiger partial charge in [-0.15, -0.1) is 0 Å². The van der Waals surface area contributed by atoms with E-state index in [2.05, 4.69) is 27.5 Å². The summed E-state index contributed by atoms with van der Waals surface area (Å²) < 4.78 is 13.0. The predicted molar refractivity (Wildman–Crippen MR) is 75.5 cm³/mol. The molecule has 0 atom stereocenters. The smallest absolute Gasteiger partial charge is 0.229 e. The predicted octanol–water partition coefficient (Wildman–Crippen LogP) is 3.83. The van der Waals surface area contributed by atoms with Gasteiger partial charge < -0.3 is 10.6 Å². The fourth-order valence-electron chi connectivity index (χ4n) is 1.47. The third-order valence-corrected chi connectivity index (χ3v) is 2.68. The summed E-state index contributed by atoms with van der Waals surface area (Å²) in [4.78, 5) is 8.38. The van der Waals surface area contributed by atoms with E-state index in [1.807, 2.05) is 0 Å². The van der Waals surface area contributed by atoms with Crippen LogP contribution in [0.15, 0.2) is 30.5 Å². The molecule has 0 aliphatic carbocycles. The summed E-state index contributed by atoms with van der Waals surface area (Å²) in [6.07, 6.45) is 2.67. The standard InChI is InChI=1S/C13H14ClFN4/c1-2-6-16-12-5-7-17-13(19-12)18-9-3-4-11(15)10(14)8-9/h3-5,7-8H,2,6H2,1H3,(H2,16,17,18,19). The molecule has 2 N–H and O–H groups in total. The summed E-state index contributed by atoms with van der Waals surface area (Å²) >= 11 is 5.71. The average molecular weight is 281 g/mol. The molecule has 1 aromatic carbocycles. The van der Waals surface area contributed by atoms with E-state index in [-0.39, 0.29) is 5.02 Å². The largest absolute Gasteiger partial charge is 0.370 e. The Morgan fingerprint density at radius 3 is 2.89 bits per heavy atom. The molecule has 0 aliphatic rings. The van der Waals surface area contributed by atoms with Crippen LogP contribution in [0.5, 0.6) is 0 Å². The zero-order valence-corrected chi connectivity index (χ0v) is 11.2. The molecule has 0 aliphatic heterocycles. The Balaban J connectivity index is 2.11. The third kappa shape index (κ3) is 3.79. The van der Waals surface area contributed by atoms with Crippen LogP contribution < -0.4 is 10.6 Å². The van der Waals surface area contributed by atoms with E-state index in [0.29, 0.717) is 11.6 Å². The summed E-state index contributed by atoms with van der Waals surface area (Å²) in [5.74, 6) is 0.725. The molecule has 4 nitrogen and oxygen atoms in total. The Kier molecular flexibility index (Phi) is 4.52. The highest BCUT2D eigenvalue weighted by Crippen LogP contribution is 2.21. The van der Waals surface area contributed by atoms with Crippen LogP contribution in [0, 0.1) is 5.82 Å². The quantitative estimate of drug-likeness (QED) is 0.874. The van der Waals surface area contributed by atoms with E-state index in [1.165, 1.54) is 12.1 Å². The van der Waals surface area contributed by atoms with Gasteiger partial charge in [-0.25, -0.2) is 9.37 Å². The van der Waals surface area contributed by atoms with Gasteiger partial charge in [0, 0.05) is 18.4 Å². The second kappa shape index (κ2) is 6.33. The summed E-state index contributed by atoms with van der Waals surface area (Å²) in [5, 5.41) is 6.20. The normalized spacial score (nSPS) is 10.3. The van der Waals surface area contributed by atoms with Gasteiger partial charge >= 0.3 is 0 Å². The van der Waals surface area contributed by atoms with Crippen molar-refractivity contribution in [2.45, 2.75) is 13.3 Å². The molecule has 6 heteroatoms. The first-order valence-electron chi connectivity index (χ1n) is 5.98. The van der Waals surface area contributed by atoms with Crippen molar-refractivity contribution < 1.29 is 4.39 Å². The van der Waals surface area contributed by atoms with Gasteiger partial charge in [0.25, 0.3) is 0 Å². The molecule has 1 heterocycles. The molecule has 100 valence electrons. The fourth-order valence-corrected chi connectivity index (χ4v) is 1.65. The molecule has 2 rings (SSSR count). The minimum atomic E-state index is -0.452. The second-order valence-corrected chi connectivity index (χ2v) is 4.35. The van der Waals surface area contributed by atoms with Crippen molar-refractivity contribution in [1.29, 1.82) is 0 Å². The molecule has 19 heavy (non-hydrogen) atoms. The Morgan fingerprint density at radius 2 is 2.16 bits per heavy atom. The van der Waals surface area contributed by atoms with Crippen LogP contribution in [0.1, 0.15) is 13.3 Å². The van der Waals surface area contributed by atoms with Crippen LogP contribution in [-0.4, -0.2) is 16.5 Å². The zero-order valence-electron chi connectivity index (χ0n) is 10.5. The van der Waals surface area contributed by atoms with Gasteiger partial charge in [-0.1, -0.05) is 18.5 Å². The zero-order chi connectivity index (χ0) is 13.7. The molecular weight excluding hydrogens is 267 g/mol. The SMILES string of the molecule is CCCNc1ccnc(Nc2ccc(F)c(Cl)c2)n1. The highest BCUT2D eigenvalue weighted by atomic mass is 35.5. The number of rotatable bonds is 5. The van der Waals surface area contributed by atoms with Crippen LogP contribution in [-0.2, 0) is 0 Å². The summed E-state index contributed by atoms with van der Waals surface area (Å²) in [6.45, 7) is 2.92. The molecular formula is C13H14ClFN4. The number of nitrogens with zero attached hydrogens (tertiary/aromatic N) is 2. The minimum Gasteiger partial charge on any atom is -0.370 e. The molecule has 0 bridgehead atoms. The van der Waals surface area contributed by atoms with Crippen LogP contribution in [0.4, 0.5) is 21.8 Å². The highest BCUT2D eigenvalue weighted by Gasteiger charge is 2.03. The molecule has 0 radical (unpaired) electrons. The van der Waals surface area contributed by atoms with Gasteiger partial charge in [-0.3, -0.25) is 0 Å². The molecule has 2 aromatic rings. The highest BCUT2D eigenvalue weighted by molar-refractivity contribution is 6.31. The number of halogens is 2. The first-order chi connectivity index (χ1) is 9.19. The monoisotopic (exact) mass is 280 g/mol. The van der Waals surface area contributed by atoms with Gasteiger partial charge in [0.15, 0.2) is 0 Å². The van der Waals surface area contributed by atoms with Crippen molar-refractivity contribution in [3.8, 4) is 0 Å². The maximum Gasteiger partial charge on any atom is 0.229 e. The fraction of sp³-hybridized carbons (Fsp3) is 0.231. The summed E-state index contributed by atoms with van der Waals surface area (Å²) in [6, 6.07) is 6.16. The van der Waals surface area contributed by atoms with Crippen LogP contribution >= 0.6 is 11.6 Å². The Bertz CT molecular complexity index is 562. The third-order valence-electron chi connectivity index (χ3n) is 2.39. The number of hydrogen-bond acceptors (Lipinski definition) is 4. The van der Waals surface area contributed by atoms with Crippen molar-refractivity contribution in [2.75, 3.05) is 17.2 Å². The lowest BCUT2D eigenvalue weighted by atomic mass is 10.3. The van der Waals surface area contributed by atoms with Gasteiger partial charge in [0.1, 0.15) is 11.6 Å². The van der Waals surface area contributed by atoms with Crippen LogP contribution in [0.2, 0.25) is 5.02 Å². The Hall–Kier alpha value is -1.88. The Morgan fingerprint density at radius 1 is 1.32 bits per heavy atom. The molecule has 0 spiro atoms. The number of aromatic nitrogens is 2. The van der Waals surface area contributed by atoms with Gasteiger partial charge in [0.05, 0.1) is 5.02 Å². The lowest BCUT2D eigenvalue weighted by molar-refractivity contribution is 0.628. The van der Waals surface area contributed by atoms with E-state index >= 15 is 0 Å². The van der Waals surface area contributed by atoms with Crippen LogP contribution in [0.25, 0.3) is 0 Å². The molecule has 0 saturated carbocycles. The first-order valence-corrected chi connectivity index (χ1v) is 6.36. The van der Waals surface area contributed by atoms with Crippen molar-refractivity contribution in [3.05, 3.63) is 41.3 Å². The van der Waals surface area contributed by atoms with Gasteiger partial charge in [-0.2, -0.15) is 4.98 Å². The number of benzene rings is 1. The van der Waals surface area contributed by atoms with Gasteiger partial charge in [-0.05, 0) is 30.7 Å². The molecule has 0 amide bonds. The minimum absolute atomic E-state index is 0.0604. The number of nitrogens with one attached hydrogen (secondary N) is 2. The van der Waals surface area contributed by atoms with Crippen molar-refractivity contribution in [3.63, 3.8) is 0 Å². The van der Waals surface area contributed by atoms with Crippen LogP contribution in [0.3, 0.4) is 0 Å². The van der Waals surface area contributed by atoms with E-state index in [9.17, 15) is 4.39 Å². The Labute approximate surface area is 116 Å². The first kappa shape index (κ1) is 13.5. The average Bonchev–Trinajstić information content (AvgIpc) is 2.41. The molecule has 1 aromatic heterocycles. The molecule has 0 fully saturated rings. The van der Waals surface area contributed by atoms with E-state index < -0.39 is 5.82 Å². The van der Waals surface area contributed by atoms with E-state index in [0.717, 1.165) is 18.8 Å². The van der Waals surface area contributed by atoms with Crippen molar-refractivity contribution in [1.82, 2.24) is 9.97 Å². The lowest BCUT2D eigenvalue weighted by Crippen LogP contribution is -2.04. The summed E-state index contributed by atoms with van der Waals surface area (Å²) in [5.41, 5.74) is 0.638. The lowest BCUT2D eigenvalue weighted by Gasteiger charge is -2.08. The summed E-state index contributed by atoms with van der Waals surface area (Å²) in [7, 11) is 0. The van der Waals surface area contributed by atoms with Crippen molar-refractivity contribution in [2.24, 2.45) is 0 Å². The molecule has 0 saturated heterocycles. The maximum absolute atomic E-state index is 13.0. The number of anilines is 3. The van der Waals surface area contributed by atoms with Gasteiger partial charge in [0.2, 0.25) is 5.95 Å². The topological polar surface area (TPSA) is 49.8 Å². The number of hydrogen-bond donors (Lipinski definition) is 2. The van der Waals surface area contributed by atoms with E-state index in [1.54, 1.807) is 18.3 Å². The van der Waals surface area contributed by atoms with Crippen molar-refractivity contribution >= 4 is 29.1 Å². The molecule has 0 unspecified atom stereocenters. The maximum atomic E-state index is 13.0. The van der Waals surface area contributed by atoms with E-state index in [4.69, 9.17) is 11.6 Å².